The summed E-state index contributed by atoms with van der Waals surface area (Å²) in [5.41, 5.74) is 3.07. The zero-order chi connectivity index (χ0) is 16.9. The lowest BCUT2D eigenvalue weighted by molar-refractivity contribution is 0.299. The van der Waals surface area contributed by atoms with Gasteiger partial charge in [0.25, 0.3) is 0 Å². The Balaban J connectivity index is 2.07. The molecule has 3 N–H and O–H groups in total. The van der Waals surface area contributed by atoms with Crippen LogP contribution < -0.4 is 10.0 Å². The zero-order valence-corrected chi connectivity index (χ0v) is 14.1. The van der Waals surface area contributed by atoms with Crippen molar-refractivity contribution in [1.82, 2.24) is 4.72 Å². The Morgan fingerprint density at radius 3 is 2.17 bits per heavy atom. The fourth-order valence-electron chi connectivity index (χ4n) is 2.28. The van der Waals surface area contributed by atoms with Crippen molar-refractivity contribution in [2.75, 3.05) is 19.0 Å². The standard InChI is InChI=1S/C17H22N2O3S/c1-13(19-16-7-3-14(4-8-16)11-12-20)15-5-9-17(10-6-15)23(21,22)18-2/h3-10,13,18-20H,11-12H2,1-2H3. The van der Waals surface area contributed by atoms with Gasteiger partial charge >= 0.3 is 0 Å². The van der Waals surface area contributed by atoms with Gasteiger partial charge in [-0.3, -0.25) is 0 Å². The first-order valence-corrected chi connectivity index (χ1v) is 8.94. The quantitative estimate of drug-likeness (QED) is 0.726. The van der Waals surface area contributed by atoms with Gasteiger partial charge in [0.2, 0.25) is 10.0 Å². The van der Waals surface area contributed by atoms with E-state index in [0.717, 1.165) is 16.8 Å². The van der Waals surface area contributed by atoms with Gasteiger partial charge in [-0.05, 0) is 55.8 Å². The van der Waals surface area contributed by atoms with Crippen molar-refractivity contribution < 1.29 is 13.5 Å². The molecule has 6 heteroatoms. The van der Waals surface area contributed by atoms with Crippen LogP contribution in [0, 0.1) is 0 Å². The van der Waals surface area contributed by atoms with Gasteiger partial charge in [-0.15, -0.1) is 0 Å². The second kappa shape index (κ2) is 7.59. The number of hydrogen-bond acceptors (Lipinski definition) is 4. The highest BCUT2D eigenvalue weighted by atomic mass is 32.2. The van der Waals surface area contributed by atoms with E-state index in [2.05, 4.69) is 10.0 Å². The van der Waals surface area contributed by atoms with Crippen molar-refractivity contribution in [3.05, 3.63) is 59.7 Å². The van der Waals surface area contributed by atoms with Crippen LogP contribution in [0.5, 0.6) is 0 Å². The third-order valence-corrected chi connectivity index (χ3v) is 5.13. The third kappa shape index (κ3) is 4.54. The molecule has 0 heterocycles. The Kier molecular flexibility index (Phi) is 5.76. The van der Waals surface area contributed by atoms with Gasteiger partial charge in [-0.2, -0.15) is 0 Å². The van der Waals surface area contributed by atoms with Gasteiger partial charge in [0.15, 0.2) is 0 Å². The van der Waals surface area contributed by atoms with E-state index in [-0.39, 0.29) is 17.5 Å². The van der Waals surface area contributed by atoms with E-state index in [1.54, 1.807) is 12.1 Å². The molecule has 0 amide bonds. The first kappa shape index (κ1) is 17.5. The molecule has 1 atom stereocenters. The molecule has 0 aliphatic heterocycles. The molecule has 2 aromatic rings. The average Bonchev–Trinajstić information content (AvgIpc) is 2.57. The van der Waals surface area contributed by atoms with Crippen molar-refractivity contribution >= 4 is 15.7 Å². The average molecular weight is 334 g/mol. The van der Waals surface area contributed by atoms with E-state index in [1.807, 2.05) is 43.3 Å². The van der Waals surface area contributed by atoms with Crippen molar-refractivity contribution in [1.29, 1.82) is 0 Å². The maximum atomic E-state index is 11.7. The van der Waals surface area contributed by atoms with E-state index < -0.39 is 10.0 Å². The summed E-state index contributed by atoms with van der Waals surface area (Å²) in [6.45, 7) is 2.16. The number of sulfonamides is 1. The number of benzene rings is 2. The molecule has 23 heavy (non-hydrogen) atoms. The number of anilines is 1. The minimum absolute atomic E-state index is 0.0463. The molecule has 0 saturated heterocycles. The molecule has 0 aliphatic rings. The lowest BCUT2D eigenvalue weighted by atomic mass is 10.1. The molecule has 0 saturated carbocycles. The molecule has 0 aliphatic carbocycles. The van der Waals surface area contributed by atoms with Gasteiger partial charge < -0.3 is 10.4 Å². The highest BCUT2D eigenvalue weighted by Gasteiger charge is 2.12. The van der Waals surface area contributed by atoms with Crippen molar-refractivity contribution in [3.63, 3.8) is 0 Å². The zero-order valence-electron chi connectivity index (χ0n) is 13.3. The van der Waals surface area contributed by atoms with E-state index in [1.165, 1.54) is 7.05 Å². The Labute approximate surface area is 137 Å². The van der Waals surface area contributed by atoms with E-state index in [0.29, 0.717) is 6.42 Å². The first-order valence-electron chi connectivity index (χ1n) is 7.46. The van der Waals surface area contributed by atoms with Crippen LogP contribution >= 0.6 is 0 Å². The second-order valence-corrected chi connectivity index (χ2v) is 7.20. The topological polar surface area (TPSA) is 78.4 Å². The van der Waals surface area contributed by atoms with Crippen LogP contribution in [0.4, 0.5) is 5.69 Å². The molecular formula is C17H22N2O3S. The van der Waals surface area contributed by atoms with Crippen LogP contribution in [-0.2, 0) is 16.4 Å². The maximum Gasteiger partial charge on any atom is 0.240 e. The molecule has 124 valence electrons. The summed E-state index contributed by atoms with van der Waals surface area (Å²) in [6, 6.07) is 14.8. The van der Waals surface area contributed by atoms with E-state index in [4.69, 9.17) is 5.11 Å². The highest BCUT2D eigenvalue weighted by molar-refractivity contribution is 7.89. The largest absolute Gasteiger partial charge is 0.396 e. The predicted octanol–water partition coefficient (Wildman–Crippen LogP) is 2.30. The second-order valence-electron chi connectivity index (χ2n) is 5.31. The molecule has 0 spiro atoms. The molecular weight excluding hydrogens is 312 g/mol. The minimum Gasteiger partial charge on any atom is -0.396 e. The molecule has 0 fully saturated rings. The van der Waals surface area contributed by atoms with Crippen LogP contribution in [0.25, 0.3) is 0 Å². The molecule has 1 unspecified atom stereocenters. The number of aliphatic hydroxyl groups is 1. The smallest absolute Gasteiger partial charge is 0.240 e. The molecule has 5 nitrogen and oxygen atoms in total. The number of aliphatic hydroxyl groups excluding tert-OH is 1. The van der Waals surface area contributed by atoms with E-state index >= 15 is 0 Å². The predicted molar refractivity (Wildman–Crippen MR) is 92.0 cm³/mol. The SMILES string of the molecule is CNS(=O)(=O)c1ccc(C(C)Nc2ccc(CCO)cc2)cc1. The monoisotopic (exact) mass is 334 g/mol. The van der Waals surface area contributed by atoms with Gasteiger partial charge in [0.05, 0.1) is 4.90 Å². The van der Waals surface area contributed by atoms with Gasteiger partial charge in [-0.25, -0.2) is 13.1 Å². The molecule has 0 radical (unpaired) electrons. The Morgan fingerprint density at radius 1 is 1.04 bits per heavy atom. The Bertz CT molecular complexity index is 725. The maximum absolute atomic E-state index is 11.7. The van der Waals surface area contributed by atoms with E-state index in [9.17, 15) is 8.42 Å². The van der Waals surface area contributed by atoms with Gasteiger partial charge in [-0.1, -0.05) is 24.3 Å². The highest BCUT2D eigenvalue weighted by Crippen LogP contribution is 2.21. The van der Waals surface area contributed by atoms with Crippen LogP contribution in [0.1, 0.15) is 24.1 Å². The summed E-state index contributed by atoms with van der Waals surface area (Å²) in [6.07, 6.45) is 0.650. The summed E-state index contributed by atoms with van der Waals surface area (Å²) >= 11 is 0. The number of hydrogen-bond donors (Lipinski definition) is 3. The van der Waals surface area contributed by atoms with Crippen LogP contribution in [-0.4, -0.2) is 27.2 Å². The summed E-state index contributed by atoms with van der Waals surface area (Å²) in [5, 5.41) is 12.3. The summed E-state index contributed by atoms with van der Waals surface area (Å²) in [4.78, 5) is 0.254. The fraction of sp³-hybridized carbons (Fsp3) is 0.294. The van der Waals surface area contributed by atoms with Crippen LogP contribution in [0.2, 0.25) is 0 Å². The number of nitrogens with one attached hydrogen (secondary N) is 2. The van der Waals surface area contributed by atoms with Crippen LogP contribution in [0.15, 0.2) is 53.4 Å². The number of rotatable bonds is 7. The Morgan fingerprint density at radius 2 is 1.65 bits per heavy atom. The Hall–Kier alpha value is -1.89. The lowest BCUT2D eigenvalue weighted by Gasteiger charge is -2.16. The molecule has 0 aromatic heterocycles. The third-order valence-electron chi connectivity index (χ3n) is 3.70. The fourth-order valence-corrected chi connectivity index (χ4v) is 3.01. The molecule has 2 aromatic carbocycles. The molecule has 2 rings (SSSR count). The van der Waals surface area contributed by atoms with Gasteiger partial charge in [0, 0.05) is 18.3 Å². The van der Waals surface area contributed by atoms with Crippen LogP contribution in [0.3, 0.4) is 0 Å². The normalized spacial score (nSPS) is 12.8. The van der Waals surface area contributed by atoms with Crippen molar-refractivity contribution in [3.8, 4) is 0 Å². The summed E-state index contributed by atoms with van der Waals surface area (Å²) < 4.78 is 25.7. The minimum atomic E-state index is -3.40. The van der Waals surface area contributed by atoms with Crippen molar-refractivity contribution in [2.24, 2.45) is 0 Å². The first-order chi connectivity index (χ1) is 11.0. The lowest BCUT2D eigenvalue weighted by Crippen LogP contribution is -2.18. The summed E-state index contributed by atoms with van der Waals surface area (Å²) in [7, 11) is -2.00. The summed E-state index contributed by atoms with van der Waals surface area (Å²) in [5.74, 6) is 0. The van der Waals surface area contributed by atoms with Crippen molar-refractivity contribution in [2.45, 2.75) is 24.3 Å². The molecule has 0 bridgehead atoms. The van der Waals surface area contributed by atoms with Gasteiger partial charge in [0.1, 0.15) is 0 Å².